The van der Waals surface area contributed by atoms with Crippen molar-refractivity contribution >= 4 is 40.6 Å². The van der Waals surface area contributed by atoms with Gasteiger partial charge in [0, 0.05) is 27.5 Å². The van der Waals surface area contributed by atoms with Gasteiger partial charge in [0.15, 0.2) is 0 Å². The summed E-state index contributed by atoms with van der Waals surface area (Å²) in [6.45, 7) is 0.760. The summed E-state index contributed by atoms with van der Waals surface area (Å²) in [5.74, 6) is 0. The first kappa shape index (κ1) is 21.4. The zero-order chi connectivity index (χ0) is 21.4. The van der Waals surface area contributed by atoms with Crippen LogP contribution in [0.5, 0.6) is 0 Å². The number of benzene rings is 4. The summed E-state index contributed by atoms with van der Waals surface area (Å²) in [5, 5.41) is 4.62. The Bertz CT molecular complexity index is 1060. The van der Waals surface area contributed by atoms with Crippen molar-refractivity contribution in [2.24, 2.45) is 4.74 Å². The second-order valence-electron chi connectivity index (χ2n) is 7.25. The lowest BCUT2D eigenvalue weighted by Gasteiger charge is -2.27. The summed E-state index contributed by atoms with van der Waals surface area (Å²) < 4.78 is 5.45. The van der Waals surface area contributed by atoms with Gasteiger partial charge in [0.05, 0.1) is 7.05 Å². The molecular formula is C28H25ClNP. The predicted octanol–water partition coefficient (Wildman–Crippen LogP) is 6.92. The highest BCUT2D eigenvalue weighted by atomic mass is 35.5. The van der Waals surface area contributed by atoms with Crippen LogP contribution in [-0.2, 0) is 0 Å². The lowest BCUT2D eigenvalue weighted by Crippen LogP contribution is -2.25. The summed E-state index contributed by atoms with van der Waals surface area (Å²) in [6, 6.07) is 40.2. The van der Waals surface area contributed by atoms with Crippen molar-refractivity contribution in [2.45, 2.75) is 6.42 Å². The van der Waals surface area contributed by atoms with Crippen LogP contribution < -0.4 is 15.9 Å². The largest absolute Gasteiger partial charge is 0.289 e. The molecule has 0 spiro atoms. The molecule has 31 heavy (non-hydrogen) atoms. The van der Waals surface area contributed by atoms with Crippen molar-refractivity contribution in [2.75, 3.05) is 6.54 Å². The van der Waals surface area contributed by atoms with E-state index in [4.69, 9.17) is 16.3 Å². The average Bonchev–Trinajstić information content (AvgIpc) is 2.84. The molecular weight excluding hydrogens is 417 g/mol. The van der Waals surface area contributed by atoms with Crippen LogP contribution in [0.4, 0.5) is 0 Å². The Balaban J connectivity index is 1.73. The molecule has 3 heteroatoms. The molecule has 1 nitrogen and oxygen atoms in total. The summed E-state index contributed by atoms with van der Waals surface area (Å²) in [6.07, 6.45) is 5.22. The first-order valence-corrected chi connectivity index (χ1v) is 12.6. The Kier molecular flexibility index (Phi) is 7.20. The molecule has 0 aromatic heterocycles. The Morgan fingerprint density at radius 1 is 0.613 bits per heavy atom. The van der Waals surface area contributed by atoms with Gasteiger partial charge in [0.2, 0.25) is 0 Å². The quantitative estimate of drug-likeness (QED) is 0.218. The highest BCUT2D eigenvalue weighted by molar-refractivity contribution is 7.87. The topological polar surface area (TPSA) is 12.4 Å². The standard InChI is InChI=1S/C28H25ClNP/c29-25-21-19-24(20-22-25)12-10-11-23-30-31(26-13-4-1-5-14-26,27-15-6-2-7-16-27)28-17-8-3-9-18-28/h1-10,12-22H,11,23H2/b12-10-. The van der Waals surface area contributed by atoms with Gasteiger partial charge >= 0.3 is 0 Å². The van der Waals surface area contributed by atoms with Gasteiger partial charge in [-0.05, 0) is 24.1 Å². The van der Waals surface area contributed by atoms with Crippen LogP contribution in [0.3, 0.4) is 0 Å². The van der Waals surface area contributed by atoms with Crippen molar-refractivity contribution in [3.8, 4) is 0 Å². The van der Waals surface area contributed by atoms with Gasteiger partial charge in [-0.3, -0.25) is 4.74 Å². The minimum atomic E-state index is -2.10. The van der Waals surface area contributed by atoms with Crippen molar-refractivity contribution in [1.82, 2.24) is 0 Å². The number of hydrogen-bond acceptors (Lipinski definition) is 1. The molecule has 0 aliphatic carbocycles. The summed E-state index contributed by atoms with van der Waals surface area (Å²) in [4.78, 5) is 0. The van der Waals surface area contributed by atoms with Gasteiger partial charge in [0.1, 0.15) is 0 Å². The third kappa shape index (κ3) is 5.07. The Morgan fingerprint density at radius 2 is 1.06 bits per heavy atom. The molecule has 4 rings (SSSR count). The molecule has 4 aromatic rings. The molecule has 0 amide bonds. The molecule has 0 unspecified atom stereocenters. The van der Waals surface area contributed by atoms with Crippen LogP contribution in [-0.4, -0.2) is 6.54 Å². The molecule has 0 atom stereocenters. The maximum atomic E-state index is 5.98. The third-order valence-electron chi connectivity index (χ3n) is 5.18. The number of hydrogen-bond donors (Lipinski definition) is 0. The number of rotatable bonds is 7. The van der Waals surface area contributed by atoms with E-state index >= 15 is 0 Å². The predicted molar refractivity (Wildman–Crippen MR) is 138 cm³/mol. The molecule has 0 bridgehead atoms. The fraction of sp³-hybridized carbons (Fsp3) is 0.0714. The summed E-state index contributed by atoms with van der Waals surface area (Å²) in [7, 11) is -2.10. The Morgan fingerprint density at radius 3 is 1.52 bits per heavy atom. The summed E-state index contributed by atoms with van der Waals surface area (Å²) in [5.41, 5.74) is 1.15. The van der Waals surface area contributed by atoms with Crippen molar-refractivity contribution in [3.63, 3.8) is 0 Å². The third-order valence-corrected chi connectivity index (χ3v) is 9.19. The number of halogens is 1. The zero-order valence-corrected chi connectivity index (χ0v) is 19.0. The summed E-state index contributed by atoms with van der Waals surface area (Å²) >= 11 is 5.98. The highest BCUT2D eigenvalue weighted by Crippen LogP contribution is 2.46. The van der Waals surface area contributed by atoms with Gasteiger partial charge in [-0.1, -0.05) is 127 Å². The van der Waals surface area contributed by atoms with E-state index in [-0.39, 0.29) is 0 Å². The Labute approximate surface area is 190 Å². The molecule has 0 saturated heterocycles. The van der Waals surface area contributed by atoms with E-state index in [0.717, 1.165) is 23.6 Å². The van der Waals surface area contributed by atoms with Gasteiger partial charge in [0.25, 0.3) is 0 Å². The molecule has 154 valence electrons. The molecule has 0 heterocycles. The van der Waals surface area contributed by atoms with E-state index in [1.54, 1.807) is 0 Å². The van der Waals surface area contributed by atoms with Gasteiger partial charge < -0.3 is 0 Å². The minimum absolute atomic E-state index is 0.760. The lowest BCUT2D eigenvalue weighted by molar-refractivity contribution is 1.02. The van der Waals surface area contributed by atoms with Crippen molar-refractivity contribution < 1.29 is 0 Å². The van der Waals surface area contributed by atoms with Crippen LogP contribution in [0.15, 0.2) is 126 Å². The monoisotopic (exact) mass is 441 g/mol. The van der Waals surface area contributed by atoms with Crippen LogP contribution in [0.25, 0.3) is 6.08 Å². The second kappa shape index (κ2) is 10.4. The van der Waals surface area contributed by atoms with Gasteiger partial charge in [-0.25, -0.2) is 0 Å². The maximum absolute atomic E-state index is 5.98. The van der Waals surface area contributed by atoms with Crippen LogP contribution in [0.2, 0.25) is 5.02 Å². The lowest BCUT2D eigenvalue weighted by atomic mass is 10.2. The van der Waals surface area contributed by atoms with Crippen LogP contribution in [0.1, 0.15) is 12.0 Å². The van der Waals surface area contributed by atoms with Gasteiger partial charge in [-0.2, -0.15) is 0 Å². The zero-order valence-electron chi connectivity index (χ0n) is 17.3. The molecule has 0 saturated carbocycles. The minimum Gasteiger partial charge on any atom is -0.289 e. The van der Waals surface area contributed by atoms with E-state index in [0.29, 0.717) is 0 Å². The SMILES string of the molecule is Clc1ccc(/C=C\CCN=P(c2ccccc2)(c2ccccc2)c2ccccc2)cc1. The van der Waals surface area contributed by atoms with E-state index in [2.05, 4.69) is 103 Å². The Hall–Kier alpha value is -2.86. The molecule has 0 aliphatic rings. The molecule has 0 aliphatic heterocycles. The van der Waals surface area contributed by atoms with Crippen molar-refractivity contribution in [3.05, 3.63) is 132 Å². The molecule has 0 N–H and O–H groups in total. The van der Waals surface area contributed by atoms with E-state index in [9.17, 15) is 0 Å². The highest BCUT2D eigenvalue weighted by Gasteiger charge is 2.26. The fourth-order valence-corrected chi connectivity index (χ4v) is 7.44. The van der Waals surface area contributed by atoms with Crippen LogP contribution in [0, 0.1) is 0 Å². The first-order chi connectivity index (χ1) is 15.3. The second-order valence-corrected chi connectivity index (χ2v) is 10.8. The van der Waals surface area contributed by atoms with E-state index in [1.807, 2.05) is 24.3 Å². The van der Waals surface area contributed by atoms with Crippen LogP contribution >= 0.6 is 18.7 Å². The molecule has 0 radical (unpaired) electrons. The van der Waals surface area contributed by atoms with Crippen molar-refractivity contribution in [1.29, 1.82) is 0 Å². The average molecular weight is 442 g/mol. The first-order valence-electron chi connectivity index (χ1n) is 10.5. The number of nitrogens with zero attached hydrogens (tertiary/aromatic N) is 1. The van der Waals surface area contributed by atoms with E-state index in [1.165, 1.54) is 15.9 Å². The smallest absolute Gasteiger partial charge is 0.0547 e. The normalized spacial score (nSPS) is 11.5. The van der Waals surface area contributed by atoms with Gasteiger partial charge in [-0.15, -0.1) is 0 Å². The fourth-order valence-electron chi connectivity index (χ4n) is 3.70. The maximum Gasteiger partial charge on any atom is 0.0547 e. The van der Waals surface area contributed by atoms with E-state index < -0.39 is 7.05 Å². The molecule has 4 aromatic carbocycles. The molecule has 0 fully saturated rings.